The summed E-state index contributed by atoms with van der Waals surface area (Å²) in [6, 6.07) is 5.19. The quantitative estimate of drug-likeness (QED) is 0.683. The number of thiol groups is 1. The summed E-state index contributed by atoms with van der Waals surface area (Å²) in [5.41, 5.74) is 0.849. The van der Waals surface area contributed by atoms with Crippen LogP contribution in [0.3, 0.4) is 0 Å². The molecule has 0 aliphatic rings. The van der Waals surface area contributed by atoms with Gasteiger partial charge in [0.15, 0.2) is 10.7 Å². The zero-order chi connectivity index (χ0) is 9.84. The Morgan fingerprint density at radius 2 is 2.00 bits per heavy atom. The molecule has 0 saturated heterocycles. The van der Waals surface area contributed by atoms with Gasteiger partial charge >= 0.3 is 0 Å². The van der Waals surface area contributed by atoms with Crippen LogP contribution < -0.4 is 0 Å². The highest BCUT2D eigenvalue weighted by molar-refractivity contribution is 9.10. The predicted octanol–water partition coefficient (Wildman–Crippen LogP) is 2.36. The van der Waals surface area contributed by atoms with Gasteiger partial charge in [-0.3, -0.25) is 0 Å². The largest absolute Gasteiger partial charge is 0.227 e. The number of aryl methyl sites for hydroxylation is 1. The molecule has 0 unspecified atom stereocenters. The van der Waals surface area contributed by atoms with Crippen molar-refractivity contribution in [2.75, 3.05) is 5.33 Å². The summed E-state index contributed by atoms with van der Waals surface area (Å²) in [6.45, 7) is 0. The van der Waals surface area contributed by atoms with E-state index in [-0.39, 0.29) is 0 Å². The minimum atomic E-state index is -2.48. The van der Waals surface area contributed by atoms with E-state index in [1.807, 2.05) is 6.07 Å². The molecule has 0 bridgehead atoms. The molecule has 1 aromatic rings. The maximum absolute atomic E-state index is 10.8. The van der Waals surface area contributed by atoms with Gasteiger partial charge in [0.05, 0.1) is 4.90 Å². The Morgan fingerprint density at radius 1 is 1.31 bits per heavy atom. The Kier molecular flexibility index (Phi) is 4.41. The molecule has 5 heteroatoms. The van der Waals surface area contributed by atoms with E-state index in [0.29, 0.717) is 4.90 Å². The van der Waals surface area contributed by atoms with Gasteiger partial charge < -0.3 is 0 Å². The number of alkyl halides is 1. The number of hydrogen-bond acceptors (Lipinski definition) is 2. The van der Waals surface area contributed by atoms with Crippen LogP contribution in [0.2, 0.25) is 0 Å². The maximum atomic E-state index is 10.8. The molecule has 2 nitrogen and oxygen atoms in total. The first-order valence-corrected chi connectivity index (χ1v) is 6.73. The van der Waals surface area contributed by atoms with Crippen LogP contribution in [-0.4, -0.2) is 13.7 Å². The minimum absolute atomic E-state index is 0.414. The first-order chi connectivity index (χ1) is 6.15. The molecule has 0 saturated carbocycles. The lowest BCUT2D eigenvalue weighted by atomic mass is 10.2. The highest BCUT2D eigenvalue weighted by Gasteiger charge is 2.04. The normalized spacial score (nSPS) is 10.7. The molecule has 0 N–H and O–H groups in total. The Labute approximate surface area is 95.6 Å². The first-order valence-electron chi connectivity index (χ1n) is 3.64. The van der Waals surface area contributed by atoms with Crippen LogP contribution in [-0.2, 0) is 17.1 Å². The zero-order valence-electron chi connectivity index (χ0n) is 6.67. The van der Waals surface area contributed by atoms with E-state index in [1.54, 1.807) is 12.1 Å². The van der Waals surface area contributed by atoms with E-state index >= 15 is 0 Å². The van der Waals surface area contributed by atoms with E-state index in [0.717, 1.165) is 21.8 Å². The van der Waals surface area contributed by atoms with Crippen molar-refractivity contribution in [3.63, 3.8) is 0 Å². The molecule has 0 aliphatic heterocycles. The molecular weight excluding hydrogens is 320 g/mol. The van der Waals surface area contributed by atoms with Gasteiger partial charge in [-0.1, -0.05) is 31.9 Å². The van der Waals surface area contributed by atoms with Gasteiger partial charge in [-0.2, -0.15) is 0 Å². The summed E-state index contributed by atoms with van der Waals surface area (Å²) in [5, 5.41) is 0.764. The van der Waals surface area contributed by atoms with Crippen LogP contribution in [0.5, 0.6) is 0 Å². The van der Waals surface area contributed by atoms with Gasteiger partial charge in [-0.15, -0.1) is 0 Å². The lowest BCUT2D eigenvalue weighted by Crippen LogP contribution is -1.93. The van der Waals surface area contributed by atoms with Gasteiger partial charge in [0.1, 0.15) is 0 Å². The molecule has 0 amide bonds. The summed E-state index contributed by atoms with van der Waals surface area (Å²) in [7, 11) is -2.48. The van der Waals surface area contributed by atoms with Crippen LogP contribution in [0.1, 0.15) is 5.56 Å². The highest BCUT2D eigenvalue weighted by Crippen LogP contribution is 2.18. The van der Waals surface area contributed by atoms with Gasteiger partial charge in [-0.05, 0) is 30.2 Å². The van der Waals surface area contributed by atoms with E-state index in [2.05, 4.69) is 31.9 Å². The molecule has 13 heavy (non-hydrogen) atoms. The second kappa shape index (κ2) is 5.12. The molecule has 1 aromatic carbocycles. The molecule has 1 rings (SSSR count). The standard InChI is InChI=1S/C8H8Br2O2S/c9-4-3-6-5-7(10)1-2-8(6)13(11)12/h1-2,5,13H,3-4H2. The third kappa shape index (κ3) is 3.07. The third-order valence-corrected chi connectivity index (χ3v) is 3.32. The summed E-state index contributed by atoms with van der Waals surface area (Å²) in [6.07, 6.45) is 0.720. The lowest BCUT2D eigenvalue weighted by molar-refractivity contribution is 0.613. The van der Waals surface area contributed by atoms with Crippen molar-refractivity contribution in [3.8, 4) is 0 Å². The molecule has 0 aromatic heterocycles. The van der Waals surface area contributed by atoms with Gasteiger partial charge in [0, 0.05) is 9.80 Å². The van der Waals surface area contributed by atoms with Crippen LogP contribution >= 0.6 is 31.9 Å². The van der Waals surface area contributed by atoms with Crippen LogP contribution in [0.4, 0.5) is 0 Å². The van der Waals surface area contributed by atoms with E-state index in [1.165, 1.54) is 0 Å². The monoisotopic (exact) mass is 326 g/mol. The molecule has 0 atom stereocenters. The van der Waals surface area contributed by atoms with Gasteiger partial charge in [0.2, 0.25) is 0 Å². The predicted molar refractivity (Wildman–Crippen MR) is 60.2 cm³/mol. The number of hydrogen-bond donors (Lipinski definition) is 1. The van der Waals surface area contributed by atoms with Crippen molar-refractivity contribution in [2.24, 2.45) is 0 Å². The van der Waals surface area contributed by atoms with Crippen molar-refractivity contribution in [2.45, 2.75) is 11.3 Å². The van der Waals surface area contributed by atoms with E-state index in [4.69, 9.17) is 0 Å². The molecular formula is C8H8Br2O2S. The minimum Gasteiger partial charge on any atom is -0.227 e. The van der Waals surface area contributed by atoms with Gasteiger partial charge in [0.25, 0.3) is 0 Å². The fourth-order valence-electron chi connectivity index (χ4n) is 1.03. The average molecular weight is 328 g/mol. The Bertz CT molecular complexity index is 366. The molecule has 72 valence electrons. The van der Waals surface area contributed by atoms with Crippen molar-refractivity contribution in [3.05, 3.63) is 28.2 Å². The number of halogens is 2. The zero-order valence-corrected chi connectivity index (χ0v) is 10.7. The number of rotatable bonds is 3. The highest BCUT2D eigenvalue weighted by atomic mass is 79.9. The molecule has 0 heterocycles. The summed E-state index contributed by atoms with van der Waals surface area (Å²) >= 11 is 6.58. The first kappa shape index (κ1) is 11.2. The Morgan fingerprint density at radius 3 is 2.54 bits per heavy atom. The van der Waals surface area contributed by atoms with Crippen molar-refractivity contribution < 1.29 is 8.42 Å². The van der Waals surface area contributed by atoms with Crippen LogP contribution in [0, 0.1) is 0 Å². The van der Waals surface area contributed by atoms with E-state index in [9.17, 15) is 8.42 Å². The van der Waals surface area contributed by atoms with Crippen molar-refractivity contribution in [1.29, 1.82) is 0 Å². The second-order valence-electron chi connectivity index (χ2n) is 2.47. The summed E-state index contributed by atoms with van der Waals surface area (Å²) < 4.78 is 22.5. The topological polar surface area (TPSA) is 34.1 Å². The molecule has 0 radical (unpaired) electrons. The smallest absolute Gasteiger partial charge is 0.168 e. The second-order valence-corrected chi connectivity index (χ2v) is 5.17. The van der Waals surface area contributed by atoms with Gasteiger partial charge in [-0.25, -0.2) is 8.42 Å². The average Bonchev–Trinajstić information content (AvgIpc) is 2.04. The van der Waals surface area contributed by atoms with Crippen LogP contribution in [0.25, 0.3) is 0 Å². The Hall–Kier alpha value is 0.130. The van der Waals surface area contributed by atoms with Crippen molar-refractivity contribution in [1.82, 2.24) is 0 Å². The fourth-order valence-corrected chi connectivity index (χ4v) is 2.48. The number of benzene rings is 1. The SMILES string of the molecule is O=[SH](=O)c1ccc(Br)cc1CCBr. The third-order valence-electron chi connectivity index (χ3n) is 1.60. The van der Waals surface area contributed by atoms with E-state index < -0.39 is 10.7 Å². The van der Waals surface area contributed by atoms with Crippen molar-refractivity contribution >= 4 is 42.6 Å². The Balaban J connectivity index is 3.18. The van der Waals surface area contributed by atoms with Crippen LogP contribution in [0.15, 0.2) is 27.6 Å². The molecule has 0 aliphatic carbocycles. The molecule has 0 fully saturated rings. The molecule has 0 spiro atoms. The summed E-state index contributed by atoms with van der Waals surface area (Å²) in [5.74, 6) is 0. The summed E-state index contributed by atoms with van der Waals surface area (Å²) in [4.78, 5) is 0.414. The lowest BCUT2D eigenvalue weighted by Gasteiger charge is -2.02. The fraction of sp³-hybridized carbons (Fsp3) is 0.250. The maximum Gasteiger partial charge on any atom is 0.168 e.